The fraction of sp³-hybridized carbons (Fsp3) is 0.647. The summed E-state index contributed by atoms with van der Waals surface area (Å²) in [6, 6.07) is 7.40. The first-order valence-corrected chi connectivity index (χ1v) is 7.75. The minimum atomic E-state index is 0.306. The second-order valence-electron chi connectivity index (χ2n) is 6.25. The lowest BCUT2D eigenvalue weighted by Gasteiger charge is -2.26. The maximum Gasteiger partial charge on any atom is 0.123 e. The van der Waals surface area contributed by atoms with Crippen molar-refractivity contribution in [2.24, 2.45) is 0 Å². The van der Waals surface area contributed by atoms with Crippen molar-refractivity contribution in [3.05, 3.63) is 29.3 Å². The predicted octanol–water partition coefficient (Wildman–Crippen LogP) is 1.90. The van der Waals surface area contributed by atoms with E-state index in [-0.39, 0.29) is 0 Å². The zero-order chi connectivity index (χ0) is 15.4. The summed E-state index contributed by atoms with van der Waals surface area (Å²) in [7, 11) is 8.13. The second-order valence-corrected chi connectivity index (χ2v) is 6.25. The Morgan fingerprint density at radius 2 is 2.19 bits per heavy atom. The van der Waals surface area contributed by atoms with Crippen LogP contribution in [0.2, 0.25) is 0 Å². The molecule has 0 saturated carbocycles. The normalized spacial score (nSPS) is 21.0. The van der Waals surface area contributed by atoms with Crippen LogP contribution in [-0.4, -0.2) is 63.7 Å². The van der Waals surface area contributed by atoms with Crippen LogP contribution in [0, 0.1) is 6.92 Å². The highest BCUT2D eigenvalue weighted by molar-refractivity contribution is 5.39. The summed E-state index contributed by atoms with van der Waals surface area (Å²) in [5.74, 6) is 0.975. The molecule has 4 heteroatoms. The van der Waals surface area contributed by atoms with Gasteiger partial charge in [0.25, 0.3) is 0 Å². The molecule has 0 aliphatic carbocycles. The topological polar surface area (TPSA) is 27.7 Å². The average molecular weight is 291 g/mol. The van der Waals surface area contributed by atoms with Crippen molar-refractivity contribution in [2.75, 3.05) is 47.9 Å². The van der Waals surface area contributed by atoms with Crippen molar-refractivity contribution in [3.63, 3.8) is 0 Å². The second kappa shape index (κ2) is 7.25. The smallest absolute Gasteiger partial charge is 0.123 e. The van der Waals surface area contributed by atoms with Crippen LogP contribution >= 0.6 is 0 Å². The van der Waals surface area contributed by atoms with E-state index in [9.17, 15) is 0 Å². The Labute approximate surface area is 129 Å². The lowest BCUT2D eigenvalue weighted by Crippen LogP contribution is -2.36. The lowest BCUT2D eigenvalue weighted by molar-refractivity contribution is 0.252. The third-order valence-corrected chi connectivity index (χ3v) is 4.53. The van der Waals surface area contributed by atoms with Crippen LogP contribution in [0.25, 0.3) is 0 Å². The van der Waals surface area contributed by atoms with Crippen molar-refractivity contribution in [1.29, 1.82) is 0 Å². The first kappa shape index (κ1) is 16.3. The number of nitrogens with zero attached hydrogens (tertiary/aromatic N) is 2. The zero-order valence-corrected chi connectivity index (χ0v) is 14.0. The van der Waals surface area contributed by atoms with Crippen LogP contribution < -0.4 is 10.1 Å². The lowest BCUT2D eigenvalue weighted by atomic mass is 10.0. The van der Waals surface area contributed by atoms with E-state index in [0.29, 0.717) is 12.1 Å². The monoisotopic (exact) mass is 291 g/mol. The Balaban J connectivity index is 2.08. The van der Waals surface area contributed by atoms with Gasteiger partial charge in [0.1, 0.15) is 5.75 Å². The molecule has 1 aromatic rings. The quantitative estimate of drug-likeness (QED) is 0.866. The molecule has 1 aromatic carbocycles. The van der Waals surface area contributed by atoms with Crippen molar-refractivity contribution in [1.82, 2.24) is 15.1 Å². The highest BCUT2D eigenvalue weighted by Crippen LogP contribution is 2.28. The average Bonchev–Trinajstić information content (AvgIpc) is 2.93. The van der Waals surface area contributed by atoms with E-state index in [1.54, 1.807) is 7.11 Å². The van der Waals surface area contributed by atoms with Gasteiger partial charge >= 0.3 is 0 Å². The largest absolute Gasteiger partial charge is 0.496 e. The third-order valence-electron chi connectivity index (χ3n) is 4.53. The van der Waals surface area contributed by atoms with E-state index in [1.807, 2.05) is 7.05 Å². The molecule has 1 fully saturated rings. The molecule has 1 saturated heterocycles. The van der Waals surface area contributed by atoms with Gasteiger partial charge in [-0.2, -0.15) is 0 Å². The van der Waals surface area contributed by atoms with Crippen molar-refractivity contribution < 1.29 is 4.74 Å². The van der Waals surface area contributed by atoms with Gasteiger partial charge < -0.3 is 15.0 Å². The van der Waals surface area contributed by atoms with Crippen LogP contribution in [-0.2, 0) is 0 Å². The number of hydrogen-bond donors (Lipinski definition) is 1. The van der Waals surface area contributed by atoms with Gasteiger partial charge in [0.2, 0.25) is 0 Å². The summed E-state index contributed by atoms with van der Waals surface area (Å²) in [4.78, 5) is 4.88. The van der Waals surface area contributed by atoms with Crippen LogP contribution in [0.15, 0.2) is 18.2 Å². The molecule has 1 aliphatic heterocycles. The Morgan fingerprint density at radius 3 is 2.76 bits per heavy atom. The number of likely N-dealkylation sites (N-methyl/N-ethyl adjacent to an activating group) is 2. The highest BCUT2D eigenvalue weighted by atomic mass is 16.5. The summed E-state index contributed by atoms with van der Waals surface area (Å²) in [6.07, 6.45) is 1.26. The molecule has 2 atom stereocenters. The molecule has 0 aromatic heterocycles. The van der Waals surface area contributed by atoms with Gasteiger partial charge in [-0.15, -0.1) is 0 Å². The minimum Gasteiger partial charge on any atom is -0.496 e. The standard InChI is InChI=1S/C17H29N3O/c1-13-6-7-17(21-5)15(10-13)16(18-2)12-20-9-8-14(11-20)19(3)4/h6-7,10,14,16,18H,8-9,11-12H2,1-5H3. The van der Waals surface area contributed by atoms with Crippen molar-refractivity contribution in [2.45, 2.75) is 25.4 Å². The molecule has 1 heterocycles. The molecule has 1 aliphatic rings. The van der Waals surface area contributed by atoms with E-state index in [4.69, 9.17) is 4.74 Å². The van der Waals surface area contributed by atoms with Gasteiger partial charge in [0, 0.05) is 30.7 Å². The molecule has 1 N–H and O–H groups in total. The number of methoxy groups -OCH3 is 1. The van der Waals surface area contributed by atoms with Gasteiger partial charge in [-0.25, -0.2) is 0 Å². The summed E-state index contributed by atoms with van der Waals surface area (Å²) in [5.41, 5.74) is 2.53. The van der Waals surface area contributed by atoms with Crippen LogP contribution in [0.1, 0.15) is 23.6 Å². The molecule has 118 valence electrons. The Bertz CT molecular complexity index is 461. The molecule has 2 unspecified atom stereocenters. The van der Waals surface area contributed by atoms with Gasteiger partial charge in [-0.1, -0.05) is 17.7 Å². The summed E-state index contributed by atoms with van der Waals surface area (Å²) in [5, 5.41) is 3.46. The molecular weight excluding hydrogens is 262 g/mol. The number of nitrogens with one attached hydrogen (secondary N) is 1. The number of rotatable bonds is 6. The summed E-state index contributed by atoms with van der Waals surface area (Å²) < 4.78 is 5.54. The SMILES string of the molecule is CNC(CN1CCC(N(C)C)C1)c1cc(C)ccc1OC. The number of hydrogen-bond acceptors (Lipinski definition) is 4. The van der Waals surface area contributed by atoms with Gasteiger partial charge in [-0.05, 0) is 47.1 Å². The number of aryl methyl sites for hydroxylation is 1. The highest BCUT2D eigenvalue weighted by Gasteiger charge is 2.26. The predicted molar refractivity (Wildman–Crippen MR) is 88.1 cm³/mol. The molecule has 0 amide bonds. The maximum atomic E-state index is 5.54. The molecule has 0 radical (unpaired) electrons. The number of ether oxygens (including phenoxy) is 1. The molecule has 0 bridgehead atoms. The maximum absolute atomic E-state index is 5.54. The summed E-state index contributed by atoms with van der Waals surface area (Å²) in [6.45, 7) is 5.49. The molecule has 21 heavy (non-hydrogen) atoms. The first-order chi connectivity index (χ1) is 10.0. The van der Waals surface area contributed by atoms with Gasteiger partial charge in [0.15, 0.2) is 0 Å². The molecular formula is C17H29N3O. The van der Waals surface area contributed by atoms with Crippen LogP contribution in [0.3, 0.4) is 0 Å². The third kappa shape index (κ3) is 3.96. The van der Waals surface area contributed by atoms with E-state index in [1.165, 1.54) is 24.1 Å². The summed E-state index contributed by atoms with van der Waals surface area (Å²) >= 11 is 0. The minimum absolute atomic E-state index is 0.306. The van der Waals surface area contributed by atoms with Crippen LogP contribution in [0.5, 0.6) is 5.75 Å². The number of likely N-dealkylation sites (tertiary alicyclic amines) is 1. The van der Waals surface area contributed by atoms with E-state index < -0.39 is 0 Å². The Morgan fingerprint density at radius 1 is 1.43 bits per heavy atom. The van der Waals surface area contributed by atoms with E-state index in [0.717, 1.165) is 18.8 Å². The molecule has 2 rings (SSSR count). The fourth-order valence-electron chi connectivity index (χ4n) is 3.13. The van der Waals surface area contributed by atoms with E-state index >= 15 is 0 Å². The number of benzene rings is 1. The molecule has 0 spiro atoms. The van der Waals surface area contributed by atoms with Crippen LogP contribution in [0.4, 0.5) is 0 Å². The zero-order valence-electron chi connectivity index (χ0n) is 14.0. The van der Waals surface area contributed by atoms with Crippen molar-refractivity contribution >= 4 is 0 Å². The Kier molecular flexibility index (Phi) is 5.62. The van der Waals surface area contributed by atoms with Gasteiger partial charge in [-0.3, -0.25) is 4.90 Å². The van der Waals surface area contributed by atoms with Gasteiger partial charge in [0.05, 0.1) is 7.11 Å². The van der Waals surface area contributed by atoms with E-state index in [2.05, 4.69) is 54.3 Å². The molecule has 4 nitrogen and oxygen atoms in total. The Hall–Kier alpha value is -1.10. The van der Waals surface area contributed by atoms with Crippen molar-refractivity contribution in [3.8, 4) is 5.75 Å². The fourth-order valence-corrected chi connectivity index (χ4v) is 3.13. The first-order valence-electron chi connectivity index (χ1n) is 7.75.